The van der Waals surface area contributed by atoms with Crippen LogP contribution in [0.5, 0.6) is 0 Å². The molecular formula is C14H11BrFN5. The molecule has 0 spiro atoms. The number of nitrogen functional groups attached to an aromatic ring is 1. The molecule has 0 saturated carbocycles. The first-order valence-corrected chi connectivity index (χ1v) is 6.96. The van der Waals surface area contributed by atoms with E-state index in [0.29, 0.717) is 27.2 Å². The van der Waals surface area contributed by atoms with Gasteiger partial charge in [0, 0.05) is 11.3 Å². The van der Waals surface area contributed by atoms with Gasteiger partial charge in [-0.25, -0.2) is 4.39 Å². The molecule has 1 aromatic heterocycles. The second-order valence-electron chi connectivity index (χ2n) is 4.58. The van der Waals surface area contributed by atoms with Crippen LogP contribution in [0, 0.1) is 12.7 Å². The van der Waals surface area contributed by atoms with Crippen LogP contribution in [0.3, 0.4) is 0 Å². The lowest BCUT2D eigenvalue weighted by molar-refractivity contribution is 0.607. The Hall–Kier alpha value is -2.28. The average molecular weight is 348 g/mol. The first kappa shape index (κ1) is 13.7. The summed E-state index contributed by atoms with van der Waals surface area (Å²) < 4.78 is 16.1. The van der Waals surface area contributed by atoms with Crippen LogP contribution in [-0.2, 0) is 0 Å². The number of rotatable bonds is 2. The Labute approximate surface area is 128 Å². The minimum Gasteiger partial charge on any atom is -0.398 e. The zero-order valence-corrected chi connectivity index (χ0v) is 12.7. The predicted octanol–water partition coefficient (Wildman–Crippen LogP) is 3.12. The number of tetrazole rings is 1. The summed E-state index contributed by atoms with van der Waals surface area (Å²) in [6.07, 6.45) is 0. The Balaban J connectivity index is 2.22. The third kappa shape index (κ3) is 2.40. The van der Waals surface area contributed by atoms with E-state index in [2.05, 4.69) is 31.5 Å². The number of aryl methyl sites for hydroxylation is 1. The van der Waals surface area contributed by atoms with Gasteiger partial charge in [0.2, 0.25) is 0 Å². The molecule has 0 unspecified atom stereocenters. The molecule has 0 saturated heterocycles. The summed E-state index contributed by atoms with van der Waals surface area (Å²) in [6, 6.07) is 10.1. The third-order valence-electron chi connectivity index (χ3n) is 3.07. The number of hydrogen-bond acceptors (Lipinski definition) is 4. The lowest BCUT2D eigenvalue weighted by atomic mass is 10.1. The molecule has 106 valence electrons. The standard InChI is InChI=1S/C14H11BrFN5/c1-8-5-6-10(16)12(7-8)21-14(18-19-20-21)9-3-2-4-11(17)13(9)15/h2-7H,17H2,1H3. The molecule has 0 atom stereocenters. The summed E-state index contributed by atoms with van der Waals surface area (Å²) in [5, 5.41) is 11.5. The van der Waals surface area contributed by atoms with Crippen LogP contribution in [0.4, 0.5) is 10.1 Å². The summed E-state index contributed by atoms with van der Waals surface area (Å²) in [7, 11) is 0. The van der Waals surface area contributed by atoms with Gasteiger partial charge in [-0.1, -0.05) is 12.1 Å². The van der Waals surface area contributed by atoms with E-state index in [1.165, 1.54) is 10.7 Å². The molecule has 3 aromatic rings. The van der Waals surface area contributed by atoms with E-state index in [1.807, 2.05) is 13.0 Å². The molecule has 2 aromatic carbocycles. The molecule has 21 heavy (non-hydrogen) atoms. The fourth-order valence-electron chi connectivity index (χ4n) is 2.02. The minimum atomic E-state index is -0.394. The molecule has 3 rings (SSSR count). The van der Waals surface area contributed by atoms with Gasteiger partial charge in [0.05, 0.1) is 4.47 Å². The molecule has 0 fully saturated rings. The van der Waals surface area contributed by atoms with Gasteiger partial charge in [-0.2, -0.15) is 4.68 Å². The average Bonchev–Trinajstić information content (AvgIpc) is 2.93. The summed E-state index contributed by atoms with van der Waals surface area (Å²) in [5.41, 5.74) is 8.34. The summed E-state index contributed by atoms with van der Waals surface area (Å²) in [6.45, 7) is 1.88. The maximum atomic E-state index is 14.1. The molecule has 0 amide bonds. The number of anilines is 1. The van der Waals surface area contributed by atoms with Crippen molar-refractivity contribution in [3.8, 4) is 17.1 Å². The van der Waals surface area contributed by atoms with E-state index in [9.17, 15) is 4.39 Å². The first-order valence-electron chi connectivity index (χ1n) is 6.17. The summed E-state index contributed by atoms with van der Waals surface area (Å²) in [4.78, 5) is 0. The van der Waals surface area contributed by atoms with Crippen molar-refractivity contribution in [3.63, 3.8) is 0 Å². The number of halogens is 2. The highest BCUT2D eigenvalue weighted by Gasteiger charge is 2.17. The van der Waals surface area contributed by atoms with Gasteiger partial charge in [0.15, 0.2) is 5.82 Å². The van der Waals surface area contributed by atoms with Crippen molar-refractivity contribution in [1.29, 1.82) is 0 Å². The van der Waals surface area contributed by atoms with Gasteiger partial charge >= 0.3 is 0 Å². The number of hydrogen-bond donors (Lipinski definition) is 1. The molecule has 0 radical (unpaired) electrons. The molecule has 0 aliphatic rings. The Morgan fingerprint density at radius 1 is 1.24 bits per heavy atom. The quantitative estimate of drug-likeness (QED) is 0.723. The lowest BCUT2D eigenvalue weighted by Crippen LogP contribution is -2.04. The summed E-state index contributed by atoms with van der Waals surface area (Å²) in [5.74, 6) is 0.0212. The number of benzene rings is 2. The maximum Gasteiger partial charge on any atom is 0.188 e. The maximum absolute atomic E-state index is 14.1. The van der Waals surface area contributed by atoms with Gasteiger partial charge in [0.1, 0.15) is 11.5 Å². The third-order valence-corrected chi connectivity index (χ3v) is 3.95. The van der Waals surface area contributed by atoms with Crippen LogP contribution in [0.1, 0.15) is 5.56 Å². The number of nitrogens with two attached hydrogens (primary N) is 1. The fourth-order valence-corrected chi connectivity index (χ4v) is 2.47. The molecule has 7 heteroatoms. The van der Waals surface area contributed by atoms with Crippen molar-refractivity contribution in [3.05, 3.63) is 52.3 Å². The first-order chi connectivity index (χ1) is 10.1. The van der Waals surface area contributed by atoms with E-state index in [0.717, 1.165) is 5.56 Å². The highest BCUT2D eigenvalue weighted by molar-refractivity contribution is 9.10. The van der Waals surface area contributed by atoms with E-state index in [1.54, 1.807) is 24.3 Å². The Kier molecular flexibility index (Phi) is 3.42. The van der Waals surface area contributed by atoms with Gasteiger partial charge < -0.3 is 5.73 Å². The van der Waals surface area contributed by atoms with E-state index in [4.69, 9.17) is 5.73 Å². The largest absolute Gasteiger partial charge is 0.398 e. The zero-order chi connectivity index (χ0) is 15.0. The predicted molar refractivity (Wildman–Crippen MR) is 81.4 cm³/mol. The number of aromatic nitrogens is 4. The van der Waals surface area contributed by atoms with Crippen molar-refractivity contribution in [2.24, 2.45) is 0 Å². The molecule has 2 N–H and O–H groups in total. The molecule has 0 bridgehead atoms. The second kappa shape index (κ2) is 5.25. The normalized spacial score (nSPS) is 10.8. The van der Waals surface area contributed by atoms with Crippen molar-refractivity contribution >= 4 is 21.6 Å². The number of nitrogens with zero attached hydrogens (tertiary/aromatic N) is 4. The summed E-state index contributed by atoms with van der Waals surface area (Å²) >= 11 is 3.41. The van der Waals surface area contributed by atoms with Crippen LogP contribution in [-0.4, -0.2) is 20.2 Å². The van der Waals surface area contributed by atoms with E-state index >= 15 is 0 Å². The van der Waals surface area contributed by atoms with Gasteiger partial charge in [0.25, 0.3) is 0 Å². The lowest BCUT2D eigenvalue weighted by Gasteiger charge is -2.09. The van der Waals surface area contributed by atoms with Crippen molar-refractivity contribution < 1.29 is 4.39 Å². The van der Waals surface area contributed by atoms with Crippen LogP contribution >= 0.6 is 15.9 Å². The van der Waals surface area contributed by atoms with Gasteiger partial charge in [-0.3, -0.25) is 0 Å². The molecule has 0 aliphatic carbocycles. The fraction of sp³-hybridized carbons (Fsp3) is 0.0714. The monoisotopic (exact) mass is 347 g/mol. The second-order valence-corrected chi connectivity index (χ2v) is 5.37. The Bertz CT molecular complexity index is 798. The Morgan fingerprint density at radius 2 is 2.05 bits per heavy atom. The zero-order valence-electron chi connectivity index (χ0n) is 11.1. The van der Waals surface area contributed by atoms with Crippen LogP contribution in [0.15, 0.2) is 40.9 Å². The van der Waals surface area contributed by atoms with E-state index in [-0.39, 0.29) is 0 Å². The van der Waals surface area contributed by atoms with Gasteiger partial charge in [-0.15, -0.1) is 5.10 Å². The van der Waals surface area contributed by atoms with Gasteiger partial charge in [-0.05, 0) is 63.1 Å². The Morgan fingerprint density at radius 3 is 2.86 bits per heavy atom. The molecule has 0 aliphatic heterocycles. The molecular weight excluding hydrogens is 337 g/mol. The smallest absolute Gasteiger partial charge is 0.188 e. The highest BCUT2D eigenvalue weighted by Crippen LogP contribution is 2.32. The van der Waals surface area contributed by atoms with Crippen molar-refractivity contribution in [1.82, 2.24) is 20.2 Å². The SMILES string of the molecule is Cc1ccc(F)c(-n2nnnc2-c2cccc(N)c2Br)c1. The van der Waals surface area contributed by atoms with Crippen molar-refractivity contribution in [2.45, 2.75) is 6.92 Å². The molecule has 5 nitrogen and oxygen atoms in total. The van der Waals surface area contributed by atoms with Crippen molar-refractivity contribution in [2.75, 3.05) is 5.73 Å². The topological polar surface area (TPSA) is 69.6 Å². The highest BCUT2D eigenvalue weighted by atomic mass is 79.9. The molecule has 1 heterocycles. The van der Waals surface area contributed by atoms with E-state index < -0.39 is 5.82 Å². The minimum absolute atomic E-state index is 0.296. The van der Waals surface area contributed by atoms with Crippen LogP contribution < -0.4 is 5.73 Å². The van der Waals surface area contributed by atoms with Crippen LogP contribution in [0.2, 0.25) is 0 Å². The van der Waals surface area contributed by atoms with Crippen LogP contribution in [0.25, 0.3) is 17.1 Å².